The molecular weight excluding hydrogens is 215 g/mol. The molecular formula is C12H21BN2O2+2. The molecule has 5 heteroatoms. The zero-order chi connectivity index (χ0) is 12.4. The lowest BCUT2D eigenvalue weighted by Crippen LogP contribution is -2.61. The Morgan fingerprint density at radius 2 is 1.47 bits per heavy atom. The van der Waals surface area contributed by atoms with Gasteiger partial charge in [-0.3, -0.25) is 0 Å². The Labute approximate surface area is 103 Å². The Hall–Kier alpha value is -0.995. The second-order valence-corrected chi connectivity index (χ2v) is 5.95. The van der Waals surface area contributed by atoms with E-state index < -0.39 is 0 Å². The average Bonchev–Trinajstić information content (AvgIpc) is 2.80. The van der Waals surface area contributed by atoms with Gasteiger partial charge in [0.25, 0.3) is 0 Å². The van der Waals surface area contributed by atoms with Crippen molar-refractivity contribution in [2.24, 2.45) is 0 Å². The Balaban J connectivity index is 2.15. The minimum Gasteiger partial charge on any atom is -0.449 e. The fourth-order valence-electron chi connectivity index (χ4n) is 3.64. The molecule has 2 atom stereocenters. The van der Waals surface area contributed by atoms with Crippen molar-refractivity contribution >= 4 is 18.3 Å². The van der Waals surface area contributed by atoms with Gasteiger partial charge in [0.1, 0.15) is 0 Å². The van der Waals surface area contributed by atoms with Crippen molar-refractivity contribution in [2.45, 2.75) is 52.3 Å². The number of ether oxygens (including phenoxy) is 2. The zero-order valence-corrected chi connectivity index (χ0v) is 11.4. The maximum absolute atomic E-state index is 5.88. The molecule has 0 fully saturated rings. The maximum atomic E-state index is 5.88. The molecule has 2 unspecified atom stereocenters. The average molecular weight is 236 g/mol. The van der Waals surface area contributed by atoms with Gasteiger partial charge in [-0.1, -0.05) is 6.82 Å². The van der Waals surface area contributed by atoms with Gasteiger partial charge >= 0.3 is 24.0 Å². The molecule has 17 heavy (non-hydrogen) atoms. The largest absolute Gasteiger partial charge is 0.472 e. The molecule has 0 bridgehead atoms. The van der Waals surface area contributed by atoms with E-state index in [0.717, 1.165) is 24.8 Å². The Kier molecular flexibility index (Phi) is 2.14. The summed E-state index contributed by atoms with van der Waals surface area (Å²) >= 11 is 0. The van der Waals surface area contributed by atoms with Gasteiger partial charge in [0.15, 0.2) is 25.3 Å². The first kappa shape index (κ1) is 11.1. The van der Waals surface area contributed by atoms with Gasteiger partial charge in [0.05, 0.1) is 13.8 Å². The lowest BCUT2D eigenvalue weighted by Gasteiger charge is -2.25. The Morgan fingerprint density at radius 1 is 1.06 bits per heavy atom. The predicted octanol–water partition coefficient (Wildman–Crippen LogP) is 0.598. The molecule has 0 saturated heterocycles. The van der Waals surface area contributed by atoms with E-state index >= 15 is 0 Å². The van der Waals surface area contributed by atoms with Crippen LogP contribution in [0.25, 0.3) is 0 Å². The molecule has 0 N–H and O–H groups in total. The topological polar surface area (TPSA) is 24.5 Å². The van der Waals surface area contributed by atoms with E-state index in [1.165, 1.54) is 0 Å². The predicted molar refractivity (Wildman–Crippen MR) is 67.1 cm³/mol. The second kappa shape index (κ2) is 3.27. The van der Waals surface area contributed by atoms with Gasteiger partial charge in [-0.15, -0.1) is 9.15 Å². The third-order valence-electron chi connectivity index (χ3n) is 4.22. The van der Waals surface area contributed by atoms with Gasteiger partial charge in [0, 0.05) is 13.8 Å². The summed E-state index contributed by atoms with van der Waals surface area (Å²) in [7, 11) is 0. The molecule has 0 aromatic carbocycles. The third-order valence-corrected chi connectivity index (χ3v) is 4.22. The molecule has 3 heterocycles. The molecule has 92 valence electrons. The van der Waals surface area contributed by atoms with E-state index in [4.69, 9.17) is 9.47 Å². The maximum Gasteiger partial charge on any atom is 0.472 e. The molecule has 0 amide bonds. The fourth-order valence-corrected chi connectivity index (χ4v) is 3.64. The van der Waals surface area contributed by atoms with E-state index in [9.17, 15) is 0 Å². The number of nitrogens with zero attached hydrogens (tertiary/aromatic N) is 2. The van der Waals surface area contributed by atoms with Gasteiger partial charge in [-0.05, 0) is 0 Å². The third kappa shape index (κ3) is 1.25. The first-order valence-electron chi connectivity index (χ1n) is 6.52. The fraction of sp³-hybridized carbons (Fsp3) is 0.833. The molecule has 0 aromatic rings. The van der Waals surface area contributed by atoms with Crippen molar-refractivity contribution in [3.05, 3.63) is 0 Å². The van der Waals surface area contributed by atoms with Crippen LogP contribution in [0.2, 0.25) is 6.82 Å². The number of hydrogen-bond acceptors (Lipinski definition) is 2. The second-order valence-electron chi connectivity index (χ2n) is 5.95. The summed E-state index contributed by atoms with van der Waals surface area (Å²) in [6, 6.07) is 0.883. The number of rotatable bonds is 0. The van der Waals surface area contributed by atoms with Crippen molar-refractivity contribution < 1.29 is 18.6 Å². The lowest BCUT2D eigenvalue weighted by atomic mass is 9.50. The van der Waals surface area contributed by atoms with E-state index in [0.29, 0.717) is 12.1 Å². The summed E-state index contributed by atoms with van der Waals surface area (Å²) < 4.78 is 16.6. The van der Waals surface area contributed by atoms with Crippen LogP contribution in [0.5, 0.6) is 0 Å². The van der Waals surface area contributed by atoms with Crippen molar-refractivity contribution in [1.29, 1.82) is 0 Å². The molecule has 0 saturated carbocycles. The summed E-state index contributed by atoms with van der Waals surface area (Å²) in [5.41, 5.74) is -0.0526. The summed E-state index contributed by atoms with van der Waals surface area (Å²) in [5, 5.41) is 0. The molecule has 4 nitrogen and oxygen atoms in total. The van der Waals surface area contributed by atoms with Crippen LogP contribution in [-0.2, 0) is 9.47 Å². The minimum atomic E-state index is -0.0526. The van der Waals surface area contributed by atoms with Crippen LogP contribution in [0, 0.1) is 0 Å². The number of hydrogen-bond donors (Lipinski definition) is 0. The summed E-state index contributed by atoms with van der Waals surface area (Å²) in [4.78, 5) is 0. The highest BCUT2D eigenvalue weighted by atomic mass is 16.5. The van der Waals surface area contributed by atoms with Crippen molar-refractivity contribution in [3.63, 3.8) is 0 Å². The van der Waals surface area contributed by atoms with E-state index in [-0.39, 0.29) is 12.4 Å². The van der Waals surface area contributed by atoms with Crippen LogP contribution < -0.4 is 0 Å². The van der Waals surface area contributed by atoms with Crippen LogP contribution >= 0.6 is 0 Å². The minimum absolute atomic E-state index is 0.0526. The first-order chi connectivity index (χ1) is 7.94. The van der Waals surface area contributed by atoms with Crippen molar-refractivity contribution in [3.8, 4) is 0 Å². The highest BCUT2D eigenvalue weighted by Crippen LogP contribution is 2.29. The SMILES string of the molecule is CB1C2=[N+](C(C)CO2)C(C)(C)[N+]2=C1OCC2C. The standard InChI is InChI=1S/C12H21BN2O2/c1-8-6-16-10-13(5)11-15(9(2)7-17-11)12(3,4)14(8)10/h8-9H,6-7H2,1-5H3/q+2. The normalized spacial score (nSPS) is 34.5. The van der Waals surface area contributed by atoms with Crippen molar-refractivity contribution in [1.82, 2.24) is 0 Å². The van der Waals surface area contributed by atoms with Crippen LogP contribution in [0.1, 0.15) is 27.7 Å². The van der Waals surface area contributed by atoms with E-state index in [1.54, 1.807) is 0 Å². The van der Waals surface area contributed by atoms with Crippen LogP contribution in [0.4, 0.5) is 0 Å². The van der Waals surface area contributed by atoms with Gasteiger partial charge in [-0.2, -0.15) is 0 Å². The van der Waals surface area contributed by atoms with Crippen LogP contribution in [0.15, 0.2) is 0 Å². The van der Waals surface area contributed by atoms with E-state index in [1.807, 2.05) is 0 Å². The van der Waals surface area contributed by atoms with Crippen LogP contribution in [-0.4, -0.2) is 58.4 Å². The summed E-state index contributed by atoms with van der Waals surface area (Å²) in [5.74, 6) is 2.17. The lowest BCUT2D eigenvalue weighted by molar-refractivity contribution is -0.837. The first-order valence-corrected chi connectivity index (χ1v) is 6.52. The molecule has 0 radical (unpaired) electrons. The van der Waals surface area contributed by atoms with Crippen molar-refractivity contribution in [2.75, 3.05) is 13.2 Å². The van der Waals surface area contributed by atoms with Crippen LogP contribution in [0.3, 0.4) is 0 Å². The highest BCUT2D eigenvalue weighted by molar-refractivity contribution is 7.08. The quantitative estimate of drug-likeness (QED) is 0.454. The summed E-state index contributed by atoms with van der Waals surface area (Å²) in [6.07, 6.45) is 0. The molecule has 3 rings (SSSR count). The summed E-state index contributed by atoms with van der Waals surface area (Å²) in [6.45, 7) is 13.0. The molecule has 3 aliphatic rings. The molecule has 0 aromatic heterocycles. The van der Waals surface area contributed by atoms with E-state index in [2.05, 4.69) is 43.7 Å². The highest BCUT2D eigenvalue weighted by Gasteiger charge is 2.63. The zero-order valence-electron chi connectivity index (χ0n) is 11.4. The Bertz CT molecular complexity index is 404. The smallest absolute Gasteiger partial charge is 0.449 e. The molecule has 0 spiro atoms. The Morgan fingerprint density at radius 3 is 1.88 bits per heavy atom. The monoisotopic (exact) mass is 236 g/mol. The molecule has 3 aliphatic heterocycles. The van der Waals surface area contributed by atoms with Gasteiger partial charge < -0.3 is 9.47 Å². The van der Waals surface area contributed by atoms with Gasteiger partial charge in [0.2, 0.25) is 0 Å². The molecule has 0 aliphatic carbocycles. The van der Waals surface area contributed by atoms with Gasteiger partial charge in [-0.25, -0.2) is 0 Å².